The second kappa shape index (κ2) is 67.1. The molecule has 0 N–H and O–H groups in total. The van der Waals surface area contributed by atoms with Crippen molar-refractivity contribution in [3.63, 3.8) is 0 Å². The predicted molar refractivity (Wildman–Crippen MR) is 339 cm³/mol. The maximum absolute atomic E-state index is 12.9. The highest BCUT2D eigenvalue weighted by atomic mass is 16.6. The summed E-state index contributed by atoms with van der Waals surface area (Å²) < 4.78 is 16.9. The quantitative estimate of drug-likeness (QED) is 0.0261. The predicted octanol–water partition coefficient (Wildman–Crippen LogP) is 23.9. The van der Waals surface area contributed by atoms with Gasteiger partial charge in [-0.1, -0.05) is 333 Å². The molecule has 0 aliphatic carbocycles. The summed E-state index contributed by atoms with van der Waals surface area (Å²) in [5.74, 6) is -0.872. The number of allylic oxidation sites excluding steroid dienone is 6. The summed E-state index contributed by atoms with van der Waals surface area (Å²) >= 11 is 0. The Kier molecular flexibility index (Phi) is 65.1. The topological polar surface area (TPSA) is 78.9 Å². The van der Waals surface area contributed by atoms with Crippen molar-refractivity contribution in [2.45, 2.75) is 393 Å². The summed E-state index contributed by atoms with van der Waals surface area (Å²) in [6, 6.07) is 0. The van der Waals surface area contributed by atoms with Crippen LogP contribution >= 0.6 is 0 Å². The summed E-state index contributed by atoms with van der Waals surface area (Å²) in [5.41, 5.74) is 0. The summed E-state index contributed by atoms with van der Waals surface area (Å²) in [7, 11) is 0. The van der Waals surface area contributed by atoms with Crippen LogP contribution in [0.4, 0.5) is 0 Å². The van der Waals surface area contributed by atoms with Crippen molar-refractivity contribution < 1.29 is 28.6 Å². The van der Waals surface area contributed by atoms with Gasteiger partial charge in [0.25, 0.3) is 0 Å². The molecule has 0 heterocycles. The summed E-state index contributed by atoms with van der Waals surface area (Å²) in [6.45, 7) is 6.60. The van der Waals surface area contributed by atoms with Crippen LogP contribution in [0.15, 0.2) is 36.5 Å². The third kappa shape index (κ3) is 64.5. The van der Waals surface area contributed by atoms with Gasteiger partial charge in [-0.15, -0.1) is 0 Å². The van der Waals surface area contributed by atoms with Gasteiger partial charge in [0.05, 0.1) is 0 Å². The summed E-state index contributed by atoms with van der Waals surface area (Å²) in [4.78, 5) is 38.2. The van der Waals surface area contributed by atoms with E-state index in [4.69, 9.17) is 14.2 Å². The molecule has 6 heteroatoms. The van der Waals surface area contributed by atoms with Gasteiger partial charge < -0.3 is 14.2 Å². The van der Waals surface area contributed by atoms with Crippen LogP contribution in [0.3, 0.4) is 0 Å². The molecule has 0 rings (SSSR count). The molecule has 78 heavy (non-hydrogen) atoms. The van der Waals surface area contributed by atoms with Gasteiger partial charge in [-0.3, -0.25) is 14.4 Å². The van der Waals surface area contributed by atoms with Crippen molar-refractivity contribution in [3.8, 4) is 0 Å². The first-order chi connectivity index (χ1) is 38.5. The molecule has 0 fully saturated rings. The van der Waals surface area contributed by atoms with Crippen molar-refractivity contribution in [1.29, 1.82) is 0 Å². The highest BCUT2D eigenvalue weighted by molar-refractivity contribution is 5.71. The van der Waals surface area contributed by atoms with Crippen LogP contribution < -0.4 is 0 Å². The molecular weight excluding hydrogens is 961 g/mol. The fourth-order valence-corrected chi connectivity index (χ4v) is 10.6. The van der Waals surface area contributed by atoms with Gasteiger partial charge in [0.2, 0.25) is 0 Å². The van der Waals surface area contributed by atoms with Gasteiger partial charge in [-0.05, 0) is 70.6 Å². The molecule has 0 aromatic carbocycles. The van der Waals surface area contributed by atoms with Crippen LogP contribution in [0.1, 0.15) is 387 Å². The second-order valence-electron chi connectivity index (χ2n) is 23.8. The van der Waals surface area contributed by atoms with Crippen molar-refractivity contribution in [2.75, 3.05) is 13.2 Å². The number of hydrogen-bond acceptors (Lipinski definition) is 6. The normalized spacial score (nSPS) is 12.2. The van der Waals surface area contributed by atoms with Crippen molar-refractivity contribution in [3.05, 3.63) is 36.5 Å². The molecule has 0 spiro atoms. The number of carbonyl (C=O) groups excluding carboxylic acids is 3. The average molecular weight is 1100 g/mol. The maximum Gasteiger partial charge on any atom is 0.306 e. The molecule has 6 nitrogen and oxygen atoms in total. The Labute approximate surface area is 486 Å². The van der Waals surface area contributed by atoms with E-state index in [9.17, 15) is 14.4 Å². The Bertz CT molecular complexity index is 1300. The Morgan fingerprint density at radius 3 is 0.795 bits per heavy atom. The highest BCUT2D eigenvalue weighted by Crippen LogP contribution is 2.19. The Balaban J connectivity index is 4.03. The monoisotopic (exact) mass is 1100 g/mol. The van der Waals surface area contributed by atoms with Crippen molar-refractivity contribution >= 4 is 17.9 Å². The third-order valence-corrected chi connectivity index (χ3v) is 15.8. The minimum atomic E-state index is -0.778. The first-order valence-electron chi connectivity index (χ1n) is 35.0. The first-order valence-corrected chi connectivity index (χ1v) is 35.0. The molecule has 0 saturated carbocycles. The number of ether oxygens (including phenoxy) is 3. The van der Waals surface area contributed by atoms with Gasteiger partial charge >= 0.3 is 17.9 Å². The van der Waals surface area contributed by atoms with Crippen molar-refractivity contribution in [1.82, 2.24) is 0 Å². The van der Waals surface area contributed by atoms with Gasteiger partial charge in [0.15, 0.2) is 6.10 Å². The van der Waals surface area contributed by atoms with E-state index < -0.39 is 6.10 Å². The zero-order valence-electron chi connectivity index (χ0n) is 52.7. The Morgan fingerprint density at radius 1 is 0.256 bits per heavy atom. The largest absolute Gasteiger partial charge is 0.462 e. The van der Waals surface area contributed by atoms with E-state index in [-0.39, 0.29) is 31.1 Å². The van der Waals surface area contributed by atoms with E-state index in [0.717, 1.165) is 83.5 Å². The van der Waals surface area contributed by atoms with E-state index >= 15 is 0 Å². The van der Waals surface area contributed by atoms with Gasteiger partial charge in [0.1, 0.15) is 13.2 Å². The molecular formula is C72H134O6. The molecule has 0 amide bonds. The number of esters is 3. The number of unbranched alkanes of at least 4 members (excludes halogenated alkanes) is 48. The molecule has 1 atom stereocenters. The third-order valence-electron chi connectivity index (χ3n) is 15.8. The number of hydrogen-bond donors (Lipinski definition) is 0. The van der Waals surface area contributed by atoms with Crippen LogP contribution in [0.25, 0.3) is 0 Å². The van der Waals surface area contributed by atoms with Crippen LogP contribution in [0.5, 0.6) is 0 Å². The van der Waals surface area contributed by atoms with Gasteiger partial charge in [0, 0.05) is 19.3 Å². The fraction of sp³-hybridized carbons (Fsp3) is 0.875. The zero-order valence-corrected chi connectivity index (χ0v) is 52.7. The van der Waals surface area contributed by atoms with E-state index in [0.29, 0.717) is 19.3 Å². The minimum absolute atomic E-state index is 0.0743. The van der Waals surface area contributed by atoms with E-state index in [1.54, 1.807) is 0 Å². The van der Waals surface area contributed by atoms with Crippen LogP contribution in [-0.4, -0.2) is 37.2 Å². The van der Waals surface area contributed by atoms with Gasteiger partial charge in [-0.2, -0.15) is 0 Å². The molecule has 0 radical (unpaired) electrons. The van der Waals surface area contributed by atoms with Gasteiger partial charge in [-0.25, -0.2) is 0 Å². The van der Waals surface area contributed by atoms with Crippen molar-refractivity contribution in [2.24, 2.45) is 0 Å². The molecule has 0 aliphatic rings. The standard InChI is InChI=1S/C72H134O6/c1-4-7-10-13-16-19-22-24-26-28-29-30-31-32-33-34-35-36-37-38-39-40-41-42-43-45-46-48-50-53-56-59-62-65-71(74)77-68-69(67-76-70(73)64-61-58-55-52-21-18-15-12-9-6-3)78-72(75)66-63-60-57-54-51-49-47-44-27-25-23-20-17-14-11-8-5-2/h12,15,17,20,25,27,69H,4-11,13-14,16,18-19,21-24,26,28-68H2,1-3H3/b15-12-,20-17-,27-25-. The van der Waals surface area contributed by atoms with E-state index in [1.807, 2.05) is 0 Å². The lowest BCUT2D eigenvalue weighted by Gasteiger charge is -2.18. The second-order valence-corrected chi connectivity index (χ2v) is 23.8. The molecule has 0 bridgehead atoms. The summed E-state index contributed by atoms with van der Waals surface area (Å²) in [5, 5.41) is 0. The maximum atomic E-state index is 12.9. The molecule has 0 aliphatic heterocycles. The zero-order chi connectivity index (χ0) is 56.4. The summed E-state index contributed by atoms with van der Waals surface area (Å²) in [6.07, 6.45) is 83.5. The average Bonchev–Trinajstić information content (AvgIpc) is 3.44. The highest BCUT2D eigenvalue weighted by Gasteiger charge is 2.19. The first kappa shape index (κ1) is 75.6. The van der Waals surface area contributed by atoms with E-state index in [2.05, 4.69) is 57.2 Å². The fourth-order valence-electron chi connectivity index (χ4n) is 10.6. The minimum Gasteiger partial charge on any atom is -0.462 e. The Hall–Kier alpha value is -2.37. The lowest BCUT2D eigenvalue weighted by molar-refractivity contribution is -0.167. The molecule has 1 unspecified atom stereocenters. The van der Waals surface area contributed by atoms with Crippen LogP contribution in [-0.2, 0) is 28.6 Å². The van der Waals surface area contributed by atoms with E-state index in [1.165, 1.54) is 263 Å². The number of rotatable bonds is 65. The van der Waals surface area contributed by atoms with Crippen LogP contribution in [0, 0.1) is 0 Å². The molecule has 0 aromatic heterocycles. The van der Waals surface area contributed by atoms with Crippen LogP contribution in [0.2, 0.25) is 0 Å². The molecule has 458 valence electrons. The SMILES string of the molecule is CCC/C=C\CCCCCCCC(=O)OCC(COC(=O)CCCCCCCCCCCCCCCCCCCCCCCCCCCCCCCCCCC)OC(=O)CCCCCCCCC/C=C\C/C=C\CCCCC. The Morgan fingerprint density at radius 2 is 0.487 bits per heavy atom. The number of carbonyl (C=O) groups is 3. The molecule has 0 saturated heterocycles. The molecule has 0 aromatic rings. The lowest BCUT2D eigenvalue weighted by Crippen LogP contribution is -2.30. The lowest BCUT2D eigenvalue weighted by atomic mass is 10.0. The smallest absolute Gasteiger partial charge is 0.306 e.